The van der Waals surface area contributed by atoms with Crippen LogP contribution in [0.15, 0.2) is 18.2 Å². The van der Waals surface area contributed by atoms with E-state index in [-0.39, 0.29) is 5.91 Å². The SMILES string of the molecule is CCOc1ccc(C(=O)NCC2CCN(C)CC2)cc1N. The van der Waals surface area contributed by atoms with E-state index in [1.165, 1.54) is 0 Å². The average Bonchev–Trinajstić information content (AvgIpc) is 2.48. The van der Waals surface area contributed by atoms with Crippen molar-refractivity contribution in [2.45, 2.75) is 19.8 Å². The second-order valence-corrected chi connectivity index (χ2v) is 5.64. The summed E-state index contributed by atoms with van der Waals surface area (Å²) in [4.78, 5) is 14.5. The molecule has 0 unspecified atom stereocenters. The van der Waals surface area contributed by atoms with Gasteiger partial charge in [0, 0.05) is 12.1 Å². The van der Waals surface area contributed by atoms with Crippen LogP contribution in [0.2, 0.25) is 0 Å². The zero-order chi connectivity index (χ0) is 15.2. The fraction of sp³-hybridized carbons (Fsp3) is 0.562. The number of amides is 1. The van der Waals surface area contributed by atoms with Gasteiger partial charge in [0.2, 0.25) is 0 Å². The Morgan fingerprint density at radius 2 is 2.14 bits per heavy atom. The highest BCUT2D eigenvalue weighted by atomic mass is 16.5. The Bertz CT molecular complexity index is 482. The van der Waals surface area contributed by atoms with Crippen LogP contribution in [0.25, 0.3) is 0 Å². The van der Waals surface area contributed by atoms with Crippen LogP contribution in [0.5, 0.6) is 5.75 Å². The molecular weight excluding hydrogens is 266 g/mol. The Labute approximate surface area is 126 Å². The fourth-order valence-corrected chi connectivity index (χ4v) is 2.58. The molecule has 0 aliphatic carbocycles. The fourth-order valence-electron chi connectivity index (χ4n) is 2.58. The summed E-state index contributed by atoms with van der Waals surface area (Å²) in [7, 11) is 2.14. The minimum Gasteiger partial charge on any atom is -0.492 e. The number of ether oxygens (including phenoxy) is 1. The van der Waals surface area contributed by atoms with Gasteiger partial charge in [0.05, 0.1) is 12.3 Å². The van der Waals surface area contributed by atoms with Crippen LogP contribution in [0.1, 0.15) is 30.1 Å². The van der Waals surface area contributed by atoms with E-state index in [4.69, 9.17) is 10.5 Å². The van der Waals surface area contributed by atoms with E-state index >= 15 is 0 Å². The van der Waals surface area contributed by atoms with E-state index in [1.807, 2.05) is 6.92 Å². The zero-order valence-corrected chi connectivity index (χ0v) is 12.9. The van der Waals surface area contributed by atoms with Crippen molar-refractivity contribution < 1.29 is 9.53 Å². The lowest BCUT2D eigenvalue weighted by Crippen LogP contribution is -2.36. The number of carbonyl (C=O) groups excluding carboxylic acids is 1. The van der Waals surface area contributed by atoms with Crippen molar-refractivity contribution in [2.24, 2.45) is 5.92 Å². The molecule has 0 aromatic heterocycles. The van der Waals surface area contributed by atoms with Gasteiger partial charge in [0.25, 0.3) is 5.91 Å². The second-order valence-electron chi connectivity index (χ2n) is 5.64. The molecule has 5 heteroatoms. The number of rotatable bonds is 5. The summed E-state index contributed by atoms with van der Waals surface area (Å²) in [6, 6.07) is 5.18. The molecule has 1 amide bonds. The van der Waals surface area contributed by atoms with Crippen molar-refractivity contribution in [1.29, 1.82) is 0 Å². The topological polar surface area (TPSA) is 67.6 Å². The molecule has 1 saturated heterocycles. The summed E-state index contributed by atoms with van der Waals surface area (Å²) in [6.07, 6.45) is 2.28. The molecule has 3 N–H and O–H groups in total. The standard InChI is InChI=1S/C16H25N3O2/c1-3-21-15-5-4-13(10-14(15)17)16(20)18-11-12-6-8-19(2)9-7-12/h4-5,10,12H,3,6-9,11,17H2,1-2H3,(H,18,20). The van der Waals surface area contributed by atoms with Crippen LogP contribution in [0.3, 0.4) is 0 Å². The molecule has 0 bridgehead atoms. The Balaban J connectivity index is 1.87. The monoisotopic (exact) mass is 291 g/mol. The van der Waals surface area contributed by atoms with Gasteiger partial charge in [-0.3, -0.25) is 4.79 Å². The van der Waals surface area contributed by atoms with Gasteiger partial charge in [-0.15, -0.1) is 0 Å². The van der Waals surface area contributed by atoms with Gasteiger partial charge < -0.3 is 20.7 Å². The molecule has 21 heavy (non-hydrogen) atoms. The van der Waals surface area contributed by atoms with Crippen LogP contribution in [0, 0.1) is 5.92 Å². The number of anilines is 1. The summed E-state index contributed by atoms with van der Waals surface area (Å²) >= 11 is 0. The first-order chi connectivity index (χ1) is 10.1. The van der Waals surface area contributed by atoms with Crippen LogP contribution in [0.4, 0.5) is 5.69 Å². The number of nitrogens with one attached hydrogen (secondary N) is 1. The van der Waals surface area contributed by atoms with Crippen LogP contribution < -0.4 is 15.8 Å². The van der Waals surface area contributed by atoms with Crippen LogP contribution in [-0.2, 0) is 0 Å². The molecule has 0 spiro atoms. The van der Waals surface area contributed by atoms with Crippen molar-refractivity contribution >= 4 is 11.6 Å². The molecule has 2 rings (SSSR count). The highest BCUT2D eigenvalue weighted by Crippen LogP contribution is 2.22. The second kappa shape index (κ2) is 7.31. The third kappa shape index (κ3) is 4.36. The number of carbonyl (C=O) groups is 1. The first-order valence-electron chi connectivity index (χ1n) is 7.59. The van der Waals surface area contributed by atoms with Crippen molar-refractivity contribution in [3.63, 3.8) is 0 Å². The number of nitrogen functional groups attached to an aromatic ring is 1. The predicted octanol–water partition coefficient (Wildman–Crippen LogP) is 1.74. The number of piperidine rings is 1. The van der Waals surface area contributed by atoms with E-state index in [2.05, 4.69) is 17.3 Å². The molecule has 5 nitrogen and oxygen atoms in total. The smallest absolute Gasteiger partial charge is 0.251 e. The molecule has 0 atom stereocenters. The lowest BCUT2D eigenvalue weighted by Gasteiger charge is -2.28. The van der Waals surface area contributed by atoms with Gasteiger partial charge in [-0.1, -0.05) is 0 Å². The van der Waals surface area contributed by atoms with Gasteiger partial charge in [0.1, 0.15) is 5.75 Å². The zero-order valence-electron chi connectivity index (χ0n) is 12.9. The van der Waals surface area contributed by atoms with Crippen LogP contribution in [-0.4, -0.2) is 44.1 Å². The molecule has 1 heterocycles. The Morgan fingerprint density at radius 1 is 1.43 bits per heavy atom. The summed E-state index contributed by atoms with van der Waals surface area (Å²) in [5, 5.41) is 3.01. The first kappa shape index (κ1) is 15.6. The van der Waals surface area contributed by atoms with Gasteiger partial charge in [-0.05, 0) is 64.0 Å². The largest absolute Gasteiger partial charge is 0.492 e. The van der Waals surface area contributed by atoms with E-state index in [0.29, 0.717) is 29.5 Å². The number of hydrogen-bond acceptors (Lipinski definition) is 4. The highest BCUT2D eigenvalue weighted by molar-refractivity contribution is 5.95. The molecule has 1 aliphatic heterocycles. The maximum absolute atomic E-state index is 12.2. The van der Waals surface area contributed by atoms with Crippen molar-refractivity contribution in [3.8, 4) is 5.75 Å². The number of benzene rings is 1. The van der Waals surface area contributed by atoms with Gasteiger partial charge in [-0.2, -0.15) is 0 Å². The molecule has 1 fully saturated rings. The maximum Gasteiger partial charge on any atom is 0.251 e. The third-order valence-corrected chi connectivity index (χ3v) is 3.96. The van der Waals surface area contributed by atoms with E-state index in [9.17, 15) is 4.79 Å². The predicted molar refractivity (Wildman–Crippen MR) is 84.6 cm³/mol. The molecular formula is C16H25N3O2. The van der Waals surface area contributed by atoms with Crippen molar-refractivity contribution in [3.05, 3.63) is 23.8 Å². The summed E-state index contributed by atoms with van der Waals surface area (Å²) < 4.78 is 5.38. The van der Waals surface area contributed by atoms with Crippen molar-refractivity contribution in [1.82, 2.24) is 10.2 Å². The quantitative estimate of drug-likeness (QED) is 0.811. The number of likely N-dealkylation sites (tertiary alicyclic amines) is 1. The number of hydrogen-bond donors (Lipinski definition) is 2. The van der Waals surface area contributed by atoms with Gasteiger partial charge in [0.15, 0.2) is 0 Å². The summed E-state index contributed by atoms with van der Waals surface area (Å²) in [6.45, 7) is 5.42. The summed E-state index contributed by atoms with van der Waals surface area (Å²) in [5.41, 5.74) is 6.98. The van der Waals surface area contributed by atoms with Crippen LogP contribution >= 0.6 is 0 Å². The third-order valence-electron chi connectivity index (χ3n) is 3.96. The maximum atomic E-state index is 12.2. The minimum atomic E-state index is -0.0660. The van der Waals surface area contributed by atoms with Gasteiger partial charge in [-0.25, -0.2) is 0 Å². The Kier molecular flexibility index (Phi) is 5.44. The Hall–Kier alpha value is -1.75. The van der Waals surface area contributed by atoms with Crippen molar-refractivity contribution in [2.75, 3.05) is 39.0 Å². The van der Waals surface area contributed by atoms with Gasteiger partial charge >= 0.3 is 0 Å². The number of nitrogens with zero attached hydrogens (tertiary/aromatic N) is 1. The normalized spacial score (nSPS) is 16.7. The number of nitrogens with two attached hydrogens (primary N) is 1. The van der Waals surface area contributed by atoms with E-state index < -0.39 is 0 Å². The summed E-state index contributed by atoms with van der Waals surface area (Å²) in [5.74, 6) is 1.14. The molecule has 116 valence electrons. The molecule has 1 aliphatic rings. The molecule has 0 saturated carbocycles. The highest BCUT2D eigenvalue weighted by Gasteiger charge is 2.17. The van der Waals surface area contributed by atoms with E-state index in [0.717, 1.165) is 32.5 Å². The molecule has 1 aromatic carbocycles. The Morgan fingerprint density at radius 3 is 2.76 bits per heavy atom. The lowest BCUT2D eigenvalue weighted by molar-refractivity contribution is 0.0939. The van der Waals surface area contributed by atoms with E-state index in [1.54, 1.807) is 18.2 Å². The molecule has 1 aromatic rings. The molecule has 0 radical (unpaired) electrons. The first-order valence-corrected chi connectivity index (χ1v) is 7.59. The average molecular weight is 291 g/mol. The minimum absolute atomic E-state index is 0.0660. The lowest BCUT2D eigenvalue weighted by atomic mass is 9.97.